The van der Waals surface area contributed by atoms with Crippen molar-refractivity contribution in [2.75, 3.05) is 11.9 Å². The van der Waals surface area contributed by atoms with Crippen molar-refractivity contribution >= 4 is 22.3 Å². The van der Waals surface area contributed by atoms with Crippen LogP contribution in [0, 0.1) is 0 Å². The van der Waals surface area contributed by atoms with Gasteiger partial charge in [-0.3, -0.25) is 0 Å². The smallest absolute Gasteiger partial charge is 0.0535 e. The summed E-state index contributed by atoms with van der Waals surface area (Å²) in [6.07, 6.45) is 0. The van der Waals surface area contributed by atoms with Crippen LogP contribution in [0.2, 0.25) is 0 Å². The molecule has 0 unspecified atom stereocenters. The van der Waals surface area contributed by atoms with Crippen LogP contribution in [0.3, 0.4) is 0 Å². The zero-order chi connectivity index (χ0) is 14.2. The van der Waals surface area contributed by atoms with Gasteiger partial charge < -0.3 is 4.90 Å². The molecule has 0 aromatic heterocycles. The van der Waals surface area contributed by atoms with E-state index < -0.39 is 10.9 Å². The second-order valence-electron chi connectivity index (χ2n) is 5.21. The van der Waals surface area contributed by atoms with E-state index in [1.54, 1.807) is 0 Å². The number of anilines is 2. The van der Waals surface area contributed by atoms with E-state index in [0.29, 0.717) is 0 Å². The van der Waals surface area contributed by atoms with Crippen LogP contribution in [0.25, 0.3) is 0 Å². The molecular formula is C19H17NS. The zero-order valence-corrected chi connectivity index (χ0v) is 12.8. The van der Waals surface area contributed by atoms with E-state index in [4.69, 9.17) is 0 Å². The third-order valence-corrected chi connectivity index (χ3v) is 6.52. The number of hydrogen-bond acceptors (Lipinski definition) is 1. The Labute approximate surface area is 128 Å². The zero-order valence-electron chi connectivity index (χ0n) is 11.9. The summed E-state index contributed by atoms with van der Waals surface area (Å²) < 4.78 is 0. The molecule has 4 rings (SSSR count). The Morgan fingerprint density at radius 1 is 0.619 bits per heavy atom. The van der Waals surface area contributed by atoms with Crippen molar-refractivity contribution in [1.82, 2.24) is 0 Å². The van der Waals surface area contributed by atoms with Crippen LogP contribution in [0.5, 0.6) is 0 Å². The first-order valence-electron chi connectivity index (χ1n) is 7.13. The highest BCUT2D eigenvalue weighted by Gasteiger charge is 2.26. The number of benzene rings is 3. The van der Waals surface area contributed by atoms with E-state index in [0.717, 1.165) is 0 Å². The Morgan fingerprint density at radius 3 is 1.67 bits per heavy atom. The summed E-state index contributed by atoms with van der Waals surface area (Å²) in [6, 6.07) is 28.4. The van der Waals surface area contributed by atoms with Gasteiger partial charge >= 0.3 is 0 Å². The Bertz CT molecular complexity index is 735. The summed E-state index contributed by atoms with van der Waals surface area (Å²) in [5.74, 6) is 0. The van der Waals surface area contributed by atoms with Gasteiger partial charge in [-0.2, -0.15) is 10.9 Å². The van der Waals surface area contributed by atoms with Gasteiger partial charge in [0, 0.05) is 16.8 Å². The van der Waals surface area contributed by atoms with Crippen LogP contribution < -0.4 is 4.90 Å². The van der Waals surface area contributed by atoms with Gasteiger partial charge in [0.1, 0.15) is 0 Å². The maximum atomic E-state index is 2.31. The molecule has 0 atom stereocenters. The topological polar surface area (TPSA) is 3.24 Å². The minimum Gasteiger partial charge on any atom is -0.343 e. The number of fused-ring (bicyclic) bond motifs is 2. The number of rotatable bonds is 1. The van der Waals surface area contributed by atoms with Crippen LogP contribution >= 0.6 is 10.9 Å². The second-order valence-corrected chi connectivity index (χ2v) is 7.36. The summed E-state index contributed by atoms with van der Waals surface area (Å²) in [5.41, 5.74) is 2.65. The van der Waals surface area contributed by atoms with Gasteiger partial charge in [0.25, 0.3) is 0 Å². The molecule has 0 spiro atoms. The van der Waals surface area contributed by atoms with Gasteiger partial charge in [0.2, 0.25) is 0 Å². The van der Waals surface area contributed by atoms with Crippen molar-refractivity contribution in [3.63, 3.8) is 0 Å². The predicted octanol–water partition coefficient (Wildman–Crippen LogP) is 5.25. The highest BCUT2D eigenvalue weighted by Crippen LogP contribution is 2.61. The highest BCUT2D eigenvalue weighted by atomic mass is 32.2. The van der Waals surface area contributed by atoms with Gasteiger partial charge in [0.05, 0.1) is 11.4 Å². The third-order valence-electron chi connectivity index (χ3n) is 3.98. The summed E-state index contributed by atoms with van der Waals surface area (Å²) in [7, 11) is 1.70. The molecule has 1 aliphatic rings. The van der Waals surface area contributed by atoms with E-state index in [1.165, 1.54) is 26.1 Å². The molecule has 21 heavy (non-hydrogen) atoms. The fourth-order valence-electron chi connectivity index (χ4n) is 2.99. The van der Waals surface area contributed by atoms with Gasteiger partial charge in [0.15, 0.2) is 0 Å². The first-order chi connectivity index (χ1) is 10.4. The quantitative estimate of drug-likeness (QED) is 0.600. The molecule has 0 fully saturated rings. The number of thiol groups is 1. The number of nitrogens with zero attached hydrogens (tertiary/aromatic N) is 1. The van der Waals surface area contributed by atoms with Gasteiger partial charge in [-0.15, -0.1) is 0 Å². The minimum absolute atomic E-state index is 0.467. The van der Waals surface area contributed by atoms with Crippen LogP contribution in [-0.2, 0) is 0 Å². The average molecular weight is 291 g/mol. The summed E-state index contributed by atoms with van der Waals surface area (Å²) in [5, 5.41) is 0. The summed E-state index contributed by atoms with van der Waals surface area (Å²) in [6.45, 7) is 0. The molecule has 2 heteroatoms. The number of para-hydroxylation sites is 2. The largest absolute Gasteiger partial charge is 0.343 e. The van der Waals surface area contributed by atoms with E-state index in [1.807, 2.05) is 0 Å². The molecule has 3 aromatic rings. The van der Waals surface area contributed by atoms with Crippen LogP contribution in [0.1, 0.15) is 0 Å². The Balaban J connectivity index is 2.01. The normalized spacial score (nSPS) is 14.5. The average Bonchev–Trinajstić information content (AvgIpc) is 2.56. The van der Waals surface area contributed by atoms with Crippen molar-refractivity contribution in [2.45, 2.75) is 14.7 Å². The van der Waals surface area contributed by atoms with Crippen molar-refractivity contribution < 1.29 is 0 Å². The van der Waals surface area contributed by atoms with Crippen molar-refractivity contribution in [2.24, 2.45) is 0 Å². The van der Waals surface area contributed by atoms with E-state index in [-0.39, 0.29) is 0 Å². The highest BCUT2D eigenvalue weighted by molar-refractivity contribution is 8.17. The van der Waals surface area contributed by atoms with Crippen LogP contribution in [0.15, 0.2) is 93.5 Å². The van der Waals surface area contributed by atoms with Crippen molar-refractivity contribution in [1.29, 1.82) is 0 Å². The molecular weight excluding hydrogens is 274 g/mol. The molecule has 3 aromatic carbocycles. The molecule has 104 valence electrons. The van der Waals surface area contributed by atoms with E-state index in [2.05, 4.69) is 90.8 Å². The molecule has 0 saturated heterocycles. The standard InChI is InChI=1S/C19H17NS/c1-20-16-11-5-7-13-18(16)21(15-9-3-2-4-10-15)19-14-8-6-12-17(19)20/h2-14,21H,1H3. The molecule has 0 aliphatic carbocycles. The molecule has 0 N–H and O–H groups in total. The molecule has 0 saturated carbocycles. The minimum atomic E-state index is -0.467. The fourth-order valence-corrected chi connectivity index (χ4v) is 5.65. The van der Waals surface area contributed by atoms with Crippen molar-refractivity contribution in [3.05, 3.63) is 78.9 Å². The first kappa shape index (κ1) is 12.5. The SMILES string of the molecule is CN1c2ccccc2[SH](c2ccccc2)c2ccccc21. The number of hydrogen-bond donors (Lipinski definition) is 1. The summed E-state index contributed by atoms with van der Waals surface area (Å²) in [4.78, 5) is 6.62. The molecule has 1 aliphatic heterocycles. The molecule has 0 radical (unpaired) electrons. The fraction of sp³-hybridized carbons (Fsp3) is 0.0526. The Kier molecular flexibility index (Phi) is 2.97. The lowest BCUT2D eigenvalue weighted by molar-refractivity contribution is 1.10. The lowest BCUT2D eigenvalue weighted by atomic mass is 10.2. The summed E-state index contributed by atoms with van der Waals surface area (Å²) >= 11 is 0. The van der Waals surface area contributed by atoms with Gasteiger partial charge in [-0.1, -0.05) is 42.5 Å². The Hall–Kier alpha value is -2.19. The Morgan fingerprint density at radius 2 is 1.10 bits per heavy atom. The van der Waals surface area contributed by atoms with Crippen LogP contribution in [-0.4, -0.2) is 7.05 Å². The molecule has 0 amide bonds. The first-order valence-corrected chi connectivity index (χ1v) is 8.47. The second kappa shape index (κ2) is 4.97. The molecule has 1 nitrogen and oxygen atoms in total. The predicted molar refractivity (Wildman–Crippen MR) is 91.2 cm³/mol. The third kappa shape index (κ3) is 1.95. The van der Waals surface area contributed by atoms with E-state index >= 15 is 0 Å². The van der Waals surface area contributed by atoms with Crippen LogP contribution in [0.4, 0.5) is 11.4 Å². The van der Waals surface area contributed by atoms with Gasteiger partial charge in [-0.25, -0.2) is 0 Å². The lowest BCUT2D eigenvalue weighted by Gasteiger charge is -2.37. The van der Waals surface area contributed by atoms with Gasteiger partial charge in [-0.05, 0) is 41.3 Å². The van der Waals surface area contributed by atoms with Crippen molar-refractivity contribution in [3.8, 4) is 0 Å². The maximum Gasteiger partial charge on any atom is 0.0535 e. The molecule has 0 bridgehead atoms. The maximum absolute atomic E-state index is 2.31. The van der Waals surface area contributed by atoms with E-state index in [9.17, 15) is 0 Å². The lowest BCUT2D eigenvalue weighted by Crippen LogP contribution is -2.16. The molecule has 1 heterocycles. The monoisotopic (exact) mass is 291 g/mol.